The molecule has 0 atom stereocenters. The Labute approximate surface area is 116 Å². The molecule has 0 saturated heterocycles. The normalized spacial score (nSPS) is 12.1. The third kappa shape index (κ3) is 3.78. The molecule has 1 rings (SSSR count). The van der Waals surface area contributed by atoms with Gasteiger partial charge in [-0.25, -0.2) is 12.7 Å². The summed E-state index contributed by atoms with van der Waals surface area (Å²) in [6, 6.07) is 5.25. The summed E-state index contributed by atoms with van der Waals surface area (Å²) < 4.78 is 26.2. The van der Waals surface area contributed by atoms with Gasteiger partial charge in [-0.05, 0) is 36.1 Å². The van der Waals surface area contributed by atoms with Crippen molar-refractivity contribution in [1.29, 1.82) is 0 Å². The smallest absolute Gasteiger partial charge is 0.242 e. The second-order valence-corrected chi connectivity index (χ2v) is 6.71. The molecule has 0 aliphatic carbocycles. The van der Waals surface area contributed by atoms with Crippen LogP contribution < -0.4 is 5.73 Å². The molecule has 5 heteroatoms. The van der Waals surface area contributed by atoms with Crippen molar-refractivity contribution in [2.75, 3.05) is 13.6 Å². The molecule has 4 nitrogen and oxygen atoms in total. The highest BCUT2D eigenvalue weighted by atomic mass is 32.2. The SMILES string of the molecule is CCCCN(C)S(=O)(=O)c1ccc(CC)c(CN)c1. The van der Waals surface area contributed by atoms with E-state index in [1.54, 1.807) is 19.2 Å². The molecule has 0 aromatic heterocycles. The third-order valence-corrected chi connectivity index (χ3v) is 5.17. The molecule has 1 aromatic carbocycles. The molecule has 108 valence electrons. The molecule has 0 radical (unpaired) electrons. The molecular formula is C14H24N2O2S. The van der Waals surface area contributed by atoms with E-state index in [0.29, 0.717) is 18.0 Å². The Morgan fingerprint density at radius 1 is 1.21 bits per heavy atom. The molecule has 0 aliphatic rings. The van der Waals surface area contributed by atoms with E-state index < -0.39 is 10.0 Å². The zero-order valence-corrected chi connectivity index (χ0v) is 12.8. The summed E-state index contributed by atoms with van der Waals surface area (Å²) in [7, 11) is -1.77. The molecule has 0 saturated carbocycles. The number of benzene rings is 1. The minimum Gasteiger partial charge on any atom is -0.326 e. The van der Waals surface area contributed by atoms with Crippen molar-refractivity contribution in [2.45, 2.75) is 44.6 Å². The first-order valence-electron chi connectivity index (χ1n) is 6.75. The van der Waals surface area contributed by atoms with Crippen LogP contribution in [-0.2, 0) is 23.0 Å². The quantitative estimate of drug-likeness (QED) is 0.834. The van der Waals surface area contributed by atoms with Crippen LogP contribution >= 0.6 is 0 Å². The van der Waals surface area contributed by atoms with Crippen molar-refractivity contribution < 1.29 is 8.42 Å². The van der Waals surface area contributed by atoms with E-state index in [4.69, 9.17) is 5.73 Å². The fourth-order valence-electron chi connectivity index (χ4n) is 1.98. The first-order valence-corrected chi connectivity index (χ1v) is 8.19. The number of aryl methyl sites for hydroxylation is 1. The van der Waals surface area contributed by atoms with Crippen LogP contribution in [0.15, 0.2) is 23.1 Å². The Morgan fingerprint density at radius 2 is 1.89 bits per heavy atom. The van der Waals surface area contributed by atoms with E-state index in [9.17, 15) is 8.42 Å². The van der Waals surface area contributed by atoms with Crippen LogP contribution in [0.3, 0.4) is 0 Å². The summed E-state index contributed by atoms with van der Waals surface area (Å²) >= 11 is 0. The summed E-state index contributed by atoms with van der Waals surface area (Å²) in [6.45, 7) is 5.00. The van der Waals surface area contributed by atoms with Gasteiger partial charge in [0, 0.05) is 20.1 Å². The van der Waals surface area contributed by atoms with Crippen molar-refractivity contribution in [1.82, 2.24) is 4.31 Å². The van der Waals surface area contributed by atoms with Crippen LogP contribution in [0.2, 0.25) is 0 Å². The third-order valence-electron chi connectivity index (χ3n) is 3.31. The van der Waals surface area contributed by atoms with Gasteiger partial charge >= 0.3 is 0 Å². The van der Waals surface area contributed by atoms with Crippen LogP contribution in [0, 0.1) is 0 Å². The van der Waals surface area contributed by atoms with E-state index in [-0.39, 0.29) is 0 Å². The molecule has 19 heavy (non-hydrogen) atoms. The predicted octanol–water partition coefficient (Wildman–Crippen LogP) is 2.13. The molecule has 0 fully saturated rings. The van der Waals surface area contributed by atoms with Crippen molar-refractivity contribution in [3.05, 3.63) is 29.3 Å². The number of hydrogen-bond donors (Lipinski definition) is 1. The molecule has 0 bridgehead atoms. The lowest BCUT2D eigenvalue weighted by Gasteiger charge is -2.18. The lowest BCUT2D eigenvalue weighted by molar-refractivity contribution is 0.459. The molecule has 2 N–H and O–H groups in total. The van der Waals surface area contributed by atoms with Gasteiger partial charge in [-0.1, -0.05) is 26.3 Å². The molecule has 0 heterocycles. The second kappa shape index (κ2) is 7.03. The number of rotatable bonds is 7. The highest BCUT2D eigenvalue weighted by Crippen LogP contribution is 2.19. The first kappa shape index (κ1) is 16.1. The summed E-state index contributed by atoms with van der Waals surface area (Å²) in [5.41, 5.74) is 7.70. The fraction of sp³-hybridized carbons (Fsp3) is 0.571. The van der Waals surface area contributed by atoms with Gasteiger partial charge in [0.1, 0.15) is 0 Å². The van der Waals surface area contributed by atoms with Gasteiger partial charge in [0.2, 0.25) is 10.0 Å². The maximum atomic E-state index is 12.4. The summed E-state index contributed by atoms with van der Waals surface area (Å²) in [5.74, 6) is 0. The minimum absolute atomic E-state index is 0.337. The monoisotopic (exact) mass is 284 g/mol. The average molecular weight is 284 g/mol. The zero-order valence-electron chi connectivity index (χ0n) is 12.0. The van der Waals surface area contributed by atoms with Crippen LogP contribution in [-0.4, -0.2) is 26.3 Å². The van der Waals surface area contributed by atoms with Crippen LogP contribution in [0.4, 0.5) is 0 Å². The Bertz CT molecular complexity index is 512. The minimum atomic E-state index is -3.39. The van der Waals surface area contributed by atoms with Gasteiger partial charge < -0.3 is 5.73 Å². The largest absolute Gasteiger partial charge is 0.326 e. The summed E-state index contributed by atoms with van der Waals surface area (Å²) in [6.07, 6.45) is 2.70. The Kier molecular flexibility index (Phi) is 5.97. The first-order chi connectivity index (χ1) is 8.97. The number of hydrogen-bond acceptors (Lipinski definition) is 3. The van der Waals surface area contributed by atoms with Gasteiger partial charge in [-0.2, -0.15) is 0 Å². The molecule has 0 aliphatic heterocycles. The zero-order chi connectivity index (χ0) is 14.5. The van der Waals surface area contributed by atoms with Crippen LogP contribution in [0.5, 0.6) is 0 Å². The average Bonchev–Trinajstić information content (AvgIpc) is 2.43. The number of unbranched alkanes of at least 4 members (excludes halogenated alkanes) is 1. The lowest BCUT2D eigenvalue weighted by atomic mass is 10.1. The summed E-state index contributed by atoms with van der Waals surface area (Å²) in [4.78, 5) is 0.337. The Balaban J connectivity index is 3.08. The van der Waals surface area contributed by atoms with E-state index in [0.717, 1.165) is 30.4 Å². The van der Waals surface area contributed by atoms with Crippen molar-refractivity contribution >= 4 is 10.0 Å². The van der Waals surface area contributed by atoms with Gasteiger partial charge in [0.25, 0.3) is 0 Å². The predicted molar refractivity (Wildman–Crippen MR) is 78.4 cm³/mol. The van der Waals surface area contributed by atoms with E-state index >= 15 is 0 Å². The Hall–Kier alpha value is -0.910. The van der Waals surface area contributed by atoms with E-state index in [2.05, 4.69) is 0 Å². The molecule has 0 unspecified atom stereocenters. The number of nitrogens with zero attached hydrogens (tertiary/aromatic N) is 1. The standard InChI is InChI=1S/C14H24N2O2S/c1-4-6-9-16(3)19(17,18)14-8-7-12(5-2)13(10-14)11-15/h7-8,10H,4-6,9,11,15H2,1-3H3. The highest BCUT2D eigenvalue weighted by Gasteiger charge is 2.20. The molecule has 0 amide bonds. The van der Waals surface area contributed by atoms with Gasteiger partial charge in [-0.15, -0.1) is 0 Å². The van der Waals surface area contributed by atoms with Gasteiger partial charge in [0.05, 0.1) is 4.90 Å². The molecule has 1 aromatic rings. The van der Waals surface area contributed by atoms with Gasteiger partial charge in [-0.3, -0.25) is 0 Å². The summed E-state index contributed by atoms with van der Waals surface area (Å²) in [5, 5.41) is 0. The second-order valence-electron chi connectivity index (χ2n) is 4.67. The van der Waals surface area contributed by atoms with E-state index in [1.807, 2.05) is 19.9 Å². The van der Waals surface area contributed by atoms with Crippen molar-refractivity contribution in [3.63, 3.8) is 0 Å². The highest BCUT2D eigenvalue weighted by molar-refractivity contribution is 7.89. The Morgan fingerprint density at radius 3 is 2.42 bits per heavy atom. The molecule has 0 spiro atoms. The van der Waals surface area contributed by atoms with E-state index in [1.165, 1.54) is 4.31 Å². The van der Waals surface area contributed by atoms with Crippen LogP contribution in [0.1, 0.15) is 37.8 Å². The molecular weight excluding hydrogens is 260 g/mol. The number of nitrogens with two attached hydrogens (primary N) is 1. The number of sulfonamides is 1. The fourth-order valence-corrected chi connectivity index (χ4v) is 3.24. The van der Waals surface area contributed by atoms with Crippen molar-refractivity contribution in [2.24, 2.45) is 5.73 Å². The van der Waals surface area contributed by atoms with Crippen LogP contribution in [0.25, 0.3) is 0 Å². The van der Waals surface area contributed by atoms with Crippen molar-refractivity contribution in [3.8, 4) is 0 Å². The van der Waals surface area contributed by atoms with Gasteiger partial charge in [0.15, 0.2) is 0 Å². The maximum absolute atomic E-state index is 12.4. The lowest BCUT2D eigenvalue weighted by Crippen LogP contribution is -2.28. The topological polar surface area (TPSA) is 63.4 Å². The maximum Gasteiger partial charge on any atom is 0.242 e.